The van der Waals surface area contributed by atoms with Crippen LogP contribution in [0.2, 0.25) is 5.02 Å². The van der Waals surface area contributed by atoms with Crippen LogP contribution in [-0.2, 0) is 22.4 Å². The van der Waals surface area contributed by atoms with Crippen molar-refractivity contribution in [1.29, 1.82) is 0 Å². The highest BCUT2D eigenvalue weighted by atomic mass is 35.5. The second-order valence-electron chi connectivity index (χ2n) is 10.4. The molecule has 8 heteroatoms. The van der Waals surface area contributed by atoms with Gasteiger partial charge in [0.25, 0.3) is 5.89 Å². The van der Waals surface area contributed by atoms with Crippen LogP contribution < -0.4 is 4.74 Å². The predicted octanol–water partition coefficient (Wildman–Crippen LogP) is 5.98. The van der Waals surface area contributed by atoms with Crippen molar-refractivity contribution in [3.63, 3.8) is 0 Å². The smallest absolute Gasteiger partial charge is 0.307 e. The van der Waals surface area contributed by atoms with Gasteiger partial charge in [0.1, 0.15) is 11.4 Å². The molecular formula is C28H34ClN3O4. The quantitative estimate of drug-likeness (QED) is 0.361. The van der Waals surface area contributed by atoms with Gasteiger partial charge in [-0.3, -0.25) is 4.79 Å². The topological polar surface area (TPSA) is 77.7 Å². The largest absolute Gasteiger partial charge is 0.489 e. The van der Waals surface area contributed by atoms with E-state index in [-0.39, 0.29) is 12.1 Å². The molecule has 0 aliphatic carbocycles. The number of nitrogens with zero attached hydrogens (tertiary/aromatic N) is 3. The number of carbonyl (C=O) groups is 1. The Hall–Kier alpha value is -2.90. The van der Waals surface area contributed by atoms with Crippen molar-refractivity contribution in [2.24, 2.45) is 0 Å². The van der Waals surface area contributed by atoms with E-state index in [1.165, 1.54) is 11.1 Å². The molecule has 4 rings (SSSR count). The molecule has 36 heavy (non-hydrogen) atoms. The van der Waals surface area contributed by atoms with Gasteiger partial charge in [-0.15, -0.1) is 0 Å². The number of hydrogen-bond donors (Lipinski definition) is 0. The minimum Gasteiger partial charge on any atom is -0.489 e. The molecule has 1 aliphatic heterocycles. The molecule has 0 fully saturated rings. The van der Waals surface area contributed by atoms with E-state index in [2.05, 4.69) is 21.1 Å². The average molecular weight is 512 g/mol. The molecule has 7 nitrogen and oxygen atoms in total. The first kappa shape index (κ1) is 26.2. The number of carbonyl (C=O) groups excluding carboxylic acids is 1. The van der Waals surface area contributed by atoms with Crippen LogP contribution >= 0.6 is 11.6 Å². The van der Waals surface area contributed by atoms with Gasteiger partial charge < -0.3 is 18.9 Å². The van der Waals surface area contributed by atoms with Gasteiger partial charge in [0, 0.05) is 30.8 Å². The molecule has 0 saturated heterocycles. The summed E-state index contributed by atoms with van der Waals surface area (Å²) in [5.74, 6) is 1.43. The van der Waals surface area contributed by atoms with Gasteiger partial charge in [0.15, 0.2) is 0 Å². The highest BCUT2D eigenvalue weighted by Crippen LogP contribution is 2.33. The van der Waals surface area contributed by atoms with E-state index < -0.39 is 5.60 Å². The minimum absolute atomic E-state index is 0.0323. The molecule has 2 aromatic carbocycles. The number of rotatable bonds is 7. The Morgan fingerprint density at radius 1 is 1.17 bits per heavy atom. The van der Waals surface area contributed by atoms with Gasteiger partial charge in [-0.25, -0.2) is 0 Å². The Morgan fingerprint density at radius 3 is 2.67 bits per heavy atom. The zero-order valence-corrected chi connectivity index (χ0v) is 22.4. The summed E-state index contributed by atoms with van der Waals surface area (Å²) in [5, 5.41) is 4.78. The molecule has 0 saturated carbocycles. The Balaban J connectivity index is 1.47. The van der Waals surface area contributed by atoms with Crippen LogP contribution in [0.5, 0.6) is 5.75 Å². The minimum atomic E-state index is -0.459. The van der Waals surface area contributed by atoms with E-state index in [1.54, 1.807) is 6.07 Å². The van der Waals surface area contributed by atoms with Crippen LogP contribution in [0.1, 0.15) is 52.2 Å². The van der Waals surface area contributed by atoms with Gasteiger partial charge in [0.05, 0.1) is 17.5 Å². The van der Waals surface area contributed by atoms with Crippen molar-refractivity contribution in [2.75, 3.05) is 19.6 Å². The lowest BCUT2D eigenvalue weighted by molar-refractivity contribution is -0.155. The second kappa shape index (κ2) is 11.0. The molecule has 0 amide bonds. The maximum absolute atomic E-state index is 12.2. The number of aromatic nitrogens is 2. The van der Waals surface area contributed by atoms with Gasteiger partial charge >= 0.3 is 5.97 Å². The predicted molar refractivity (Wildman–Crippen MR) is 140 cm³/mol. The van der Waals surface area contributed by atoms with E-state index in [0.717, 1.165) is 37.1 Å². The van der Waals surface area contributed by atoms with Crippen molar-refractivity contribution in [3.05, 3.63) is 52.5 Å². The monoisotopic (exact) mass is 511 g/mol. The van der Waals surface area contributed by atoms with Crippen molar-refractivity contribution in [3.8, 4) is 28.6 Å². The first-order chi connectivity index (χ1) is 17.1. The summed E-state index contributed by atoms with van der Waals surface area (Å²) in [4.78, 5) is 19.2. The average Bonchev–Trinajstić information content (AvgIpc) is 3.19. The molecule has 0 bridgehead atoms. The maximum Gasteiger partial charge on any atom is 0.307 e. The zero-order valence-electron chi connectivity index (χ0n) is 21.6. The summed E-state index contributed by atoms with van der Waals surface area (Å²) in [6, 6.07) is 11.7. The summed E-state index contributed by atoms with van der Waals surface area (Å²) in [5.41, 5.74) is 3.76. The van der Waals surface area contributed by atoms with Crippen LogP contribution in [0.25, 0.3) is 22.8 Å². The number of hydrogen-bond acceptors (Lipinski definition) is 7. The van der Waals surface area contributed by atoms with Crippen LogP contribution in [0.3, 0.4) is 0 Å². The molecule has 0 radical (unpaired) electrons. The van der Waals surface area contributed by atoms with E-state index in [1.807, 2.05) is 58.9 Å². The molecule has 0 spiro atoms. The lowest BCUT2D eigenvalue weighted by atomic mass is 9.97. The van der Waals surface area contributed by atoms with Crippen LogP contribution in [0.15, 0.2) is 40.9 Å². The fourth-order valence-electron chi connectivity index (χ4n) is 4.33. The summed E-state index contributed by atoms with van der Waals surface area (Å²) < 4.78 is 16.8. The molecule has 192 valence electrons. The summed E-state index contributed by atoms with van der Waals surface area (Å²) in [6.45, 7) is 12.0. The summed E-state index contributed by atoms with van der Waals surface area (Å²) in [6.07, 6.45) is 2.16. The molecule has 3 aromatic rings. The SMILES string of the molecule is CC(C)Oc1ccc(-c2nc(-c3cccc4c3CCN(CCC(=O)OC(C)(C)C)CC4)no2)cc1Cl. The van der Waals surface area contributed by atoms with Crippen molar-refractivity contribution in [1.82, 2.24) is 15.0 Å². The fraction of sp³-hybridized carbons (Fsp3) is 0.464. The molecule has 2 heterocycles. The third-order valence-corrected chi connectivity index (χ3v) is 6.20. The summed E-state index contributed by atoms with van der Waals surface area (Å²) in [7, 11) is 0. The van der Waals surface area contributed by atoms with E-state index >= 15 is 0 Å². The zero-order chi connectivity index (χ0) is 25.9. The van der Waals surface area contributed by atoms with Gasteiger partial charge in [-0.05, 0) is 76.8 Å². The first-order valence-corrected chi connectivity index (χ1v) is 12.8. The van der Waals surface area contributed by atoms with E-state index in [4.69, 9.17) is 25.6 Å². The second-order valence-corrected chi connectivity index (χ2v) is 10.8. The highest BCUT2D eigenvalue weighted by Gasteiger charge is 2.22. The molecule has 1 aromatic heterocycles. The van der Waals surface area contributed by atoms with Gasteiger partial charge in [0.2, 0.25) is 5.82 Å². The Kier molecular flexibility index (Phi) is 8.00. The normalized spacial score (nSPS) is 14.4. The van der Waals surface area contributed by atoms with Crippen molar-refractivity contribution in [2.45, 2.75) is 65.6 Å². The summed E-state index contributed by atoms with van der Waals surface area (Å²) >= 11 is 6.40. The van der Waals surface area contributed by atoms with E-state index in [9.17, 15) is 4.79 Å². The first-order valence-electron chi connectivity index (χ1n) is 12.4. The molecule has 1 aliphatic rings. The Morgan fingerprint density at radius 2 is 1.94 bits per heavy atom. The standard InChI is InChI=1S/C28H34ClN3O4/c1-18(2)34-24-10-9-20(17-23(24)29)27-30-26(31-36-27)22-8-6-7-19-11-14-32(15-12-21(19)22)16-13-25(33)35-28(3,4)5/h6-10,17-18H,11-16H2,1-5H3. The number of ether oxygens (including phenoxy) is 2. The van der Waals surface area contributed by atoms with Crippen LogP contribution in [0.4, 0.5) is 0 Å². The molecular weight excluding hydrogens is 478 g/mol. The Bertz CT molecular complexity index is 1220. The number of benzene rings is 2. The van der Waals surface area contributed by atoms with Crippen LogP contribution in [-0.4, -0.2) is 52.3 Å². The van der Waals surface area contributed by atoms with Crippen LogP contribution in [0, 0.1) is 0 Å². The fourth-order valence-corrected chi connectivity index (χ4v) is 4.56. The molecule has 0 atom stereocenters. The molecule has 0 unspecified atom stereocenters. The van der Waals surface area contributed by atoms with Gasteiger partial charge in [-0.2, -0.15) is 4.98 Å². The van der Waals surface area contributed by atoms with Crippen molar-refractivity contribution >= 4 is 17.6 Å². The number of halogens is 1. The van der Waals surface area contributed by atoms with E-state index in [0.29, 0.717) is 35.5 Å². The van der Waals surface area contributed by atoms with Gasteiger partial charge in [-0.1, -0.05) is 35.0 Å². The number of esters is 1. The number of fused-ring (bicyclic) bond motifs is 1. The maximum atomic E-state index is 12.2. The lowest BCUT2D eigenvalue weighted by Gasteiger charge is -2.22. The van der Waals surface area contributed by atoms with Crippen molar-refractivity contribution < 1.29 is 18.8 Å². The lowest BCUT2D eigenvalue weighted by Crippen LogP contribution is -2.31. The third-order valence-electron chi connectivity index (χ3n) is 5.91. The highest BCUT2D eigenvalue weighted by molar-refractivity contribution is 6.32. The molecule has 0 N–H and O–H groups in total. The third kappa shape index (κ3) is 6.65. The Labute approximate surface area is 217 Å².